The van der Waals surface area contributed by atoms with Gasteiger partial charge in [0.2, 0.25) is 0 Å². The zero-order valence-electron chi connectivity index (χ0n) is 7.99. The minimum absolute atomic E-state index is 0.0362. The monoisotopic (exact) mass is 178 g/mol. The lowest BCUT2D eigenvalue weighted by Crippen LogP contribution is -1.96. The van der Waals surface area contributed by atoms with Crippen LogP contribution in [0.2, 0.25) is 0 Å². The lowest BCUT2D eigenvalue weighted by atomic mass is 10.1. The van der Waals surface area contributed by atoms with Gasteiger partial charge in [-0.1, -0.05) is 18.2 Å². The molecule has 0 N–H and O–H groups in total. The highest BCUT2D eigenvalue weighted by atomic mass is 16.5. The fourth-order valence-electron chi connectivity index (χ4n) is 1.16. The average molecular weight is 178 g/mol. The van der Waals surface area contributed by atoms with E-state index in [0.717, 1.165) is 11.3 Å². The largest absolute Gasteiger partial charge is 0.497 e. The van der Waals surface area contributed by atoms with Crippen LogP contribution in [0, 0.1) is 0 Å². The van der Waals surface area contributed by atoms with Gasteiger partial charge in [-0.3, -0.25) is 0 Å². The Morgan fingerprint density at radius 1 is 1.23 bits per heavy atom. The molecule has 1 rings (SSSR count). The summed E-state index contributed by atoms with van der Waals surface area (Å²) in [6, 6.07) is 7.75. The fourth-order valence-corrected chi connectivity index (χ4v) is 1.16. The van der Waals surface area contributed by atoms with Crippen molar-refractivity contribution in [1.82, 2.24) is 0 Å². The molecule has 0 aliphatic rings. The Morgan fingerprint density at radius 3 is 2.23 bits per heavy atom. The second-order valence-electron chi connectivity index (χ2n) is 2.67. The van der Waals surface area contributed by atoms with E-state index in [9.17, 15) is 0 Å². The van der Waals surface area contributed by atoms with E-state index in [2.05, 4.69) is 6.58 Å². The van der Waals surface area contributed by atoms with Crippen LogP contribution < -0.4 is 4.74 Å². The van der Waals surface area contributed by atoms with Crippen molar-refractivity contribution in [2.24, 2.45) is 0 Å². The van der Waals surface area contributed by atoms with E-state index in [-0.39, 0.29) is 6.10 Å². The predicted octanol–water partition coefficient (Wildman–Crippen LogP) is 2.57. The topological polar surface area (TPSA) is 18.5 Å². The molecule has 0 aliphatic carbocycles. The zero-order valence-corrected chi connectivity index (χ0v) is 7.99. The van der Waals surface area contributed by atoms with Crippen molar-refractivity contribution in [3.05, 3.63) is 42.5 Å². The smallest absolute Gasteiger partial charge is 0.118 e. The maximum absolute atomic E-state index is 5.20. The predicted molar refractivity (Wildman–Crippen MR) is 52.9 cm³/mol. The molecule has 0 radical (unpaired) electrons. The maximum atomic E-state index is 5.20. The first-order valence-corrected chi connectivity index (χ1v) is 4.11. The summed E-state index contributed by atoms with van der Waals surface area (Å²) in [5, 5.41) is 0. The highest BCUT2D eigenvalue weighted by Gasteiger charge is 2.04. The summed E-state index contributed by atoms with van der Waals surface area (Å²) in [5.41, 5.74) is 1.08. The Kier molecular flexibility index (Phi) is 3.53. The van der Waals surface area contributed by atoms with Crippen molar-refractivity contribution in [2.75, 3.05) is 14.2 Å². The van der Waals surface area contributed by atoms with Crippen LogP contribution in [0.3, 0.4) is 0 Å². The van der Waals surface area contributed by atoms with Gasteiger partial charge in [0.1, 0.15) is 5.75 Å². The lowest BCUT2D eigenvalue weighted by Gasteiger charge is -2.10. The van der Waals surface area contributed by atoms with Gasteiger partial charge in [-0.25, -0.2) is 0 Å². The van der Waals surface area contributed by atoms with E-state index < -0.39 is 0 Å². The Morgan fingerprint density at radius 2 is 1.85 bits per heavy atom. The summed E-state index contributed by atoms with van der Waals surface area (Å²) in [5.74, 6) is 0.850. The van der Waals surface area contributed by atoms with Crippen LogP contribution in [0.1, 0.15) is 11.7 Å². The highest BCUT2D eigenvalue weighted by Crippen LogP contribution is 2.20. The number of ether oxygens (including phenoxy) is 2. The molecule has 0 bridgehead atoms. The van der Waals surface area contributed by atoms with Crippen LogP contribution in [0.25, 0.3) is 0 Å². The zero-order chi connectivity index (χ0) is 9.68. The summed E-state index contributed by atoms with van der Waals surface area (Å²) in [6.07, 6.45) is 1.73. The number of rotatable bonds is 4. The minimum atomic E-state index is -0.0362. The molecule has 0 fully saturated rings. The van der Waals surface area contributed by atoms with Gasteiger partial charge in [0.05, 0.1) is 13.2 Å². The molecule has 1 aromatic carbocycles. The molecule has 0 saturated carbocycles. The fraction of sp³-hybridized carbons (Fsp3) is 0.273. The highest BCUT2D eigenvalue weighted by molar-refractivity contribution is 5.29. The summed E-state index contributed by atoms with van der Waals surface area (Å²) < 4.78 is 10.2. The molecule has 2 nitrogen and oxygen atoms in total. The van der Waals surface area contributed by atoms with Crippen molar-refractivity contribution in [3.63, 3.8) is 0 Å². The number of methoxy groups -OCH3 is 2. The Hall–Kier alpha value is -1.28. The van der Waals surface area contributed by atoms with Crippen LogP contribution in [0.15, 0.2) is 36.9 Å². The first-order valence-electron chi connectivity index (χ1n) is 4.11. The van der Waals surface area contributed by atoms with Gasteiger partial charge in [0.15, 0.2) is 0 Å². The minimum Gasteiger partial charge on any atom is -0.497 e. The molecule has 0 aromatic heterocycles. The SMILES string of the molecule is C=C[C@@H](OC)c1ccc(OC)cc1. The van der Waals surface area contributed by atoms with Gasteiger partial charge in [0.25, 0.3) is 0 Å². The molecule has 70 valence electrons. The van der Waals surface area contributed by atoms with E-state index in [0.29, 0.717) is 0 Å². The molecule has 2 heteroatoms. The quantitative estimate of drug-likeness (QED) is 0.660. The van der Waals surface area contributed by atoms with E-state index in [1.165, 1.54) is 0 Å². The summed E-state index contributed by atoms with van der Waals surface area (Å²) in [4.78, 5) is 0. The summed E-state index contributed by atoms with van der Waals surface area (Å²) in [6.45, 7) is 3.69. The number of hydrogen-bond donors (Lipinski definition) is 0. The van der Waals surface area contributed by atoms with Crippen LogP contribution in [0.4, 0.5) is 0 Å². The van der Waals surface area contributed by atoms with Crippen molar-refractivity contribution < 1.29 is 9.47 Å². The van der Waals surface area contributed by atoms with Crippen LogP contribution in [0.5, 0.6) is 5.75 Å². The Balaban J connectivity index is 2.83. The summed E-state index contributed by atoms with van der Waals surface area (Å²) >= 11 is 0. The Bertz CT molecular complexity index is 264. The van der Waals surface area contributed by atoms with Crippen LogP contribution in [-0.2, 0) is 4.74 Å². The van der Waals surface area contributed by atoms with Crippen molar-refractivity contribution in [3.8, 4) is 5.75 Å². The third kappa shape index (κ3) is 2.33. The molecular formula is C11H14O2. The average Bonchev–Trinajstić information content (AvgIpc) is 2.21. The van der Waals surface area contributed by atoms with E-state index in [4.69, 9.17) is 9.47 Å². The van der Waals surface area contributed by atoms with Crippen molar-refractivity contribution in [2.45, 2.75) is 6.10 Å². The summed E-state index contributed by atoms with van der Waals surface area (Å²) in [7, 11) is 3.31. The molecule has 0 aliphatic heterocycles. The number of hydrogen-bond acceptors (Lipinski definition) is 2. The van der Waals surface area contributed by atoms with Gasteiger partial charge in [-0.05, 0) is 17.7 Å². The van der Waals surface area contributed by atoms with Crippen LogP contribution >= 0.6 is 0 Å². The molecule has 0 spiro atoms. The van der Waals surface area contributed by atoms with Crippen LogP contribution in [-0.4, -0.2) is 14.2 Å². The van der Waals surface area contributed by atoms with Crippen molar-refractivity contribution >= 4 is 0 Å². The van der Waals surface area contributed by atoms with E-state index in [1.807, 2.05) is 24.3 Å². The first-order chi connectivity index (χ1) is 6.31. The second-order valence-corrected chi connectivity index (χ2v) is 2.67. The third-order valence-corrected chi connectivity index (χ3v) is 1.91. The molecule has 13 heavy (non-hydrogen) atoms. The van der Waals surface area contributed by atoms with Gasteiger partial charge in [-0.15, -0.1) is 6.58 Å². The van der Waals surface area contributed by atoms with Gasteiger partial charge in [-0.2, -0.15) is 0 Å². The standard InChI is InChI=1S/C11H14O2/c1-4-11(13-3)9-5-7-10(12-2)8-6-9/h4-8,11H,1H2,2-3H3/t11-/m1/s1. The normalized spacial score (nSPS) is 12.2. The van der Waals surface area contributed by atoms with E-state index in [1.54, 1.807) is 20.3 Å². The molecule has 1 atom stereocenters. The molecule has 0 saturated heterocycles. The first kappa shape index (κ1) is 9.81. The molecule has 0 heterocycles. The molecule has 0 amide bonds. The maximum Gasteiger partial charge on any atom is 0.118 e. The Labute approximate surface area is 78.8 Å². The van der Waals surface area contributed by atoms with Gasteiger partial charge >= 0.3 is 0 Å². The number of benzene rings is 1. The molecule has 0 unspecified atom stereocenters. The lowest BCUT2D eigenvalue weighted by molar-refractivity contribution is 0.143. The van der Waals surface area contributed by atoms with Crippen molar-refractivity contribution in [1.29, 1.82) is 0 Å². The van der Waals surface area contributed by atoms with E-state index >= 15 is 0 Å². The van der Waals surface area contributed by atoms with Gasteiger partial charge in [0, 0.05) is 7.11 Å². The molecular weight excluding hydrogens is 164 g/mol. The van der Waals surface area contributed by atoms with Gasteiger partial charge < -0.3 is 9.47 Å². The molecule has 1 aromatic rings. The second kappa shape index (κ2) is 4.67. The third-order valence-electron chi connectivity index (χ3n) is 1.91.